The van der Waals surface area contributed by atoms with Crippen molar-refractivity contribution in [2.45, 2.75) is 57.4 Å². The van der Waals surface area contributed by atoms with Crippen molar-refractivity contribution < 1.29 is 9.53 Å². The number of carbonyl (C=O) groups excluding carboxylic acids is 1. The van der Waals surface area contributed by atoms with E-state index in [1.165, 1.54) is 25.7 Å². The Balaban J connectivity index is 1.59. The molecule has 1 saturated carbocycles. The first-order valence-corrected chi connectivity index (χ1v) is 9.21. The molecule has 1 aliphatic heterocycles. The van der Waals surface area contributed by atoms with Crippen LogP contribution in [0, 0.1) is 5.92 Å². The van der Waals surface area contributed by atoms with Crippen molar-refractivity contribution in [1.82, 2.24) is 4.90 Å². The van der Waals surface area contributed by atoms with E-state index < -0.39 is 0 Å². The molecule has 0 bridgehead atoms. The molecule has 1 aromatic rings. The molecule has 3 nitrogen and oxygen atoms in total. The molecule has 1 heterocycles. The Morgan fingerprint density at radius 2 is 1.91 bits per heavy atom. The second kappa shape index (κ2) is 7.96. The molecular formula is C20H29NO2. The van der Waals surface area contributed by atoms with Crippen LogP contribution in [0.2, 0.25) is 0 Å². The second-order valence-corrected chi connectivity index (χ2v) is 7.13. The Kier molecular flexibility index (Phi) is 5.71. The molecule has 126 valence electrons. The summed E-state index contributed by atoms with van der Waals surface area (Å²) < 4.78 is 5.70. The van der Waals surface area contributed by atoms with Gasteiger partial charge in [0.2, 0.25) is 0 Å². The van der Waals surface area contributed by atoms with E-state index in [0.29, 0.717) is 18.6 Å². The van der Waals surface area contributed by atoms with Crippen LogP contribution in [0.25, 0.3) is 0 Å². The molecular weight excluding hydrogens is 286 g/mol. The number of ether oxygens (including phenoxy) is 1. The van der Waals surface area contributed by atoms with Crippen molar-refractivity contribution in [3.63, 3.8) is 0 Å². The first-order chi connectivity index (χ1) is 11.3. The molecule has 2 fully saturated rings. The van der Waals surface area contributed by atoms with Gasteiger partial charge in [-0.2, -0.15) is 0 Å². The highest BCUT2D eigenvalue weighted by atomic mass is 16.5. The first kappa shape index (κ1) is 16.5. The number of likely N-dealkylation sites (tertiary alicyclic amines) is 1. The smallest absolute Gasteiger partial charge is 0.313 e. The van der Waals surface area contributed by atoms with Crippen molar-refractivity contribution in [2.75, 3.05) is 19.7 Å². The van der Waals surface area contributed by atoms with Gasteiger partial charge in [-0.15, -0.1) is 0 Å². The number of carbonyl (C=O) groups is 1. The standard InChI is InChI=1S/C20H29NO2/c1-16-8-7-13-21(16)14-15-23-20(22)19(18-11-5-6-12-18)17-9-3-2-4-10-17/h2-4,9-10,16,18-19H,5-8,11-15H2,1H3/t16-,19+/m1/s1. The van der Waals surface area contributed by atoms with Gasteiger partial charge in [-0.1, -0.05) is 43.2 Å². The topological polar surface area (TPSA) is 29.5 Å². The summed E-state index contributed by atoms with van der Waals surface area (Å²) in [5, 5.41) is 0. The third kappa shape index (κ3) is 4.14. The number of hydrogen-bond acceptors (Lipinski definition) is 3. The van der Waals surface area contributed by atoms with Crippen LogP contribution >= 0.6 is 0 Å². The highest BCUT2D eigenvalue weighted by Gasteiger charge is 2.33. The van der Waals surface area contributed by atoms with E-state index in [1.54, 1.807) is 0 Å². The van der Waals surface area contributed by atoms with Gasteiger partial charge in [0.25, 0.3) is 0 Å². The van der Waals surface area contributed by atoms with Crippen LogP contribution in [0.1, 0.15) is 56.9 Å². The molecule has 1 aliphatic carbocycles. The molecule has 1 aromatic carbocycles. The minimum atomic E-state index is -0.0744. The zero-order valence-corrected chi connectivity index (χ0v) is 14.2. The van der Waals surface area contributed by atoms with Crippen LogP contribution in [0.4, 0.5) is 0 Å². The Morgan fingerprint density at radius 1 is 1.17 bits per heavy atom. The summed E-state index contributed by atoms with van der Waals surface area (Å²) in [5.74, 6) is 0.361. The van der Waals surface area contributed by atoms with Crippen LogP contribution in [-0.4, -0.2) is 36.6 Å². The average molecular weight is 315 g/mol. The van der Waals surface area contributed by atoms with Crippen molar-refractivity contribution in [3.05, 3.63) is 35.9 Å². The Morgan fingerprint density at radius 3 is 2.57 bits per heavy atom. The number of esters is 1. The van der Waals surface area contributed by atoms with E-state index in [9.17, 15) is 4.79 Å². The van der Waals surface area contributed by atoms with Crippen LogP contribution < -0.4 is 0 Å². The fourth-order valence-electron chi connectivity index (χ4n) is 4.23. The van der Waals surface area contributed by atoms with Crippen LogP contribution in [0.15, 0.2) is 30.3 Å². The Labute approximate surface area is 140 Å². The maximum atomic E-state index is 12.7. The summed E-state index contributed by atoms with van der Waals surface area (Å²) in [4.78, 5) is 15.2. The maximum absolute atomic E-state index is 12.7. The minimum absolute atomic E-state index is 0.0186. The van der Waals surface area contributed by atoms with Gasteiger partial charge in [-0.05, 0) is 50.6 Å². The fourth-order valence-corrected chi connectivity index (χ4v) is 4.23. The molecule has 3 rings (SSSR count). The summed E-state index contributed by atoms with van der Waals surface area (Å²) in [6.07, 6.45) is 7.32. The first-order valence-electron chi connectivity index (χ1n) is 9.21. The van der Waals surface area contributed by atoms with Gasteiger partial charge in [0.05, 0.1) is 5.92 Å². The summed E-state index contributed by atoms with van der Waals surface area (Å²) >= 11 is 0. The highest BCUT2D eigenvalue weighted by molar-refractivity contribution is 5.78. The molecule has 0 radical (unpaired) electrons. The summed E-state index contributed by atoms with van der Waals surface area (Å²) in [5.41, 5.74) is 1.12. The van der Waals surface area contributed by atoms with E-state index in [0.717, 1.165) is 31.5 Å². The summed E-state index contributed by atoms with van der Waals surface area (Å²) in [6.45, 7) is 4.81. The zero-order chi connectivity index (χ0) is 16.1. The van der Waals surface area contributed by atoms with Gasteiger partial charge in [0.15, 0.2) is 0 Å². The molecule has 2 aliphatic rings. The minimum Gasteiger partial charge on any atom is -0.464 e. The molecule has 0 aromatic heterocycles. The lowest BCUT2D eigenvalue weighted by atomic mass is 9.85. The Bertz CT molecular complexity index is 496. The van der Waals surface area contributed by atoms with Crippen molar-refractivity contribution in [1.29, 1.82) is 0 Å². The quantitative estimate of drug-likeness (QED) is 0.744. The van der Waals surface area contributed by atoms with Crippen molar-refractivity contribution in [3.8, 4) is 0 Å². The zero-order valence-electron chi connectivity index (χ0n) is 14.2. The van der Waals surface area contributed by atoms with Crippen LogP contribution in [-0.2, 0) is 9.53 Å². The SMILES string of the molecule is C[C@@H]1CCCN1CCOC(=O)[C@@H](c1ccccc1)C1CCCC1. The predicted octanol–water partition coefficient (Wildman–Crippen LogP) is 3.99. The lowest BCUT2D eigenvalue weighted by molar-refractivity contribution is -0.147. The van der Waals surface area contributed by atoms with Crippen LogP contribution in [0.5, 0.6) is 0 Å². The largest absolute Gasteiger partial charge is 0.464 e. The molecule has 0 spiro atoms. The van der Waals surface area contributed by atoms with Gasteiger partial charge in [-0.25, -0.2) is 0 Å². The van der Waals surface area contributed by atoms with E-state index in [-0.39, 0.29) is 11.9 Å². The number of rotatable bonds is 6. The fraction of sp³-hybridized carbons (Fsp3) is 0.650. The molecule has 23 heavy (non-hydrogen) atoms. The van der Waals surface area contributed by atoms with Crippen LogP contribution in [0.3, 0.4) is 0 Å². The molecule has 3 heteroatoms. The lowest BCUT2D eigenvalue weighted by Crippen LogP contribution is -2.32. The molecule has 0 N–H and O–H groups in total. The number of benzene rings is 1. The predicted molar refractivity (Wildman–Crippen MR) is 92.4 cm³/mol. The van der Waals surface area contributed by atoms with Crippen molar-refractivity contribution in [2.24, 2.45) is 5.92 Å². The third-order valence-corrected chi connectivity index (χ3v) is 5.60. The number of nitrogens with zero attached hydrogens (tertiary/aromatic N) is 1. The monoisotopic (exact) mass is 315 g/mol. The molecule has 0 amide bonds. The lowest BCUT2D eigenvalue weighted by Gasteiger charge is -2.24. The molecule has 2 atom stereocenters. The van der Waals surface area contributed by atoms with Gasteiger partial charge in [0.1, 0.15) is 6.61 Å². The molecule has 0 unspecified atom stereocenters. The highest BCUT2D eigenvalue weighted by Crippen LogP contribution is 2.38. The van der Waals surface area contributed by atoms with Gasteiger partial charge >= 0.3 is 5.97 Å². The van der Waals surface area contributed by atoms with E-state index in [2.05, 4.69) is 24.0 Å². The number of hydrogen-bond donors (Lipinski definition) is 0. The summed E-state index contributed by atoms with van der Waals surface area (Å²) in [7, 11) is 0. The maximum Gasteiger partial charge on any atom is 0.313 e. The van der Waals surface area contributed by atoms with Crippen molar-refractivity contribution >= 4 is 5.97 Å². The van der Waals surface area contributed by atoms with Gasteiger partial charge < -0.3 is 4.74 Å². The average Bonchev–Trinajstić information content (AvgIpc) is 3.21. The van der Waals surface area contributed by atoms with E-state index in [4.69, 9.17) is 4.74 Å². The Hall–Kier alpha value is -1.35. The van der Waals surface area contributed by atoms with E-state index >= 15 is 0 Å². The van der Waals surface area contributed by atoms with E-state index in [1.807, 2.05) is 18.2 Å². The normalized spacial score (nSPS) is 24.0. The van der Waals surface area contributed by atoms with Gasteiger partial charge in [0, 0.05) is 12.6 Å². The summed E-state index contributed by atoms with van der Waals surface area (Å²) in [6, 6.07) is 10.8. The third-order valence-electron chi connectivity index (χ3n) is 5.60. The van der Waals surface area contributed by atoms with Gasteiger partial charge in [-0.3, -0.25) is 9.69 Å². The second-order valence-electron chi connectivity index (χ2n) is 7.13. The molecule has 1 saturated heterocycles.